The van der Waals surface area contributed by atoms with Gasteiger partial charge in [0.15, 0.2) is 0 Å². The van der Waals surface area contributed by atoms with Crippen LogP contribution in [0.5, 0.6) is 0 Å². The molecule has 4 heteroatoms. The molecule has 0 fully saturated rings. The topological polar surface area (TPSA) is 62.5 Å². The number of allylic oxidation sites excluding steroid dienone is 1. The Hall–Kier alpha value is -1.81. The Morgan fingerprint density at radius 3 is 2.52 bits per heavy atom. The maximum absolute atomic E-state index is 10.6. The molecule has 164 valence electrons. The fourth-order valence-corrected chi connectivity index (χ4v) is 3.38. The van der Waals surface area contributed by atoms with Crippen LogP contribution in [0.15, 0.2) is 18.3 Å². The van der Waals surface area contributed by atoms with Gasteiger partial charge >= 0.3 is 5.97 Å². The first-order chi connectivity index (χ1) is 13.6. The molecule has 0 aliphatic heterocycles. The fraction of sp³-hybridized carbons (Fsp3) is 0.640. The number of aromatic nitrogens is 1. The average Bonchev–Trinajstić information content (AvgIpc) is 2.90. The van der Waals surface area contributed by atoms with Gasteiger partial charge in [0.2, 0.25) is 0 Å². The average molecular weight is 404 g/mol. The Morgan fingerprint density at radius 1 is 1.17 bits per heavy atom. The van der Waals surface area contributed by atoms with E-state index in [9.17, 15) is 9.90 Å². The molecule has 1 unspecified atom stereocenters. The van der Waals surface area contributed by atoms with Gasteiger partial charge in [0.1, 0.15) is 0 Å². The van der Waals surface area contributed by atoms with Crippen molar-refractivity contribution in [3.05, 3.63) is 35.2 Å². The van der Waals surface area contributed by atoms with Crippen molar-refractivity contribution in [2.75, 3.05) is 0 Å². The molecule has 0 bridgehead atoms. The number of aliphatic hydroxyl groups is 1. The van der Waals surface area contributed by atoms with Gasteiger partial charge in [-0.3, -0.25) is 4.79 Å². The normalized spacial score (nSPS) is 13.6. The first-order valence-corrected chi connectivity index (χ1v) is 11.1. The molecular weight excluding hydrogens is 362 g/mol. The number of rotatable bonds is 13. The number of carbonyl (C=O) groups is 1. The van der Waals surface area contributed by atoms with Crippen LogP contribution in [0, 0.1) is 12.3 Å². The van der Waals surface area contributed by atoms with Gasteiger partial charge in [-0.25, -0.2) is 0 Å². The molecule has 0 aromatic carbocycles. The largest absolute Gasteiger partial charge is 0.481 e. The van der Waals surface area contributed by atoms with E-state index in [4.69, 9.17) is 5.11 Å². The van der Waals surface area contributed by atoms with Crippen LogP contribution in [0.4, 0.5) is 0 Å². The van der Waals surface area contributed by atoms with Gasteiger partial charge in [-0.2, -0.15) is 0 Å². The zero-order chi connectivity index (χ0) is 21.9. The molecule has 2 N–H and O–H groups in total. The molecule has 0 amide bonds. The van der Waals surface area contributed by atoms with Crippen molar-refractivity contribution >= 4 is 18.1 Å². The van der Waals surface area contributed by atoms with E-state index in [1.165, 1.54) is 11.3 Å². The third-order valence-electron chi connectivity index (χ3n) is 4.97. The Balaban J connectivity index is 2.90. The number of carboxylic acids is 1. The summed E-state index contributed by atoms with van der Waals surface area (Å²) in [4.78, 5) is 10.6. The second-order valence-electron chi connectivity index (χ2n) is 9.24. The molecular formula is C25H41NO3. The third kappa shape index (κ3) is 10.5. The van der Waals surface area contributed by atoms with Gasteiger partial charge < -0.3 is 14.8 Å². The summed E-state index contributed by atoms with van der Waals surface area (Å²) in [6, 6.07) is 0. The van der Waals surface area contributed by atoms with E-state index in [0.717, 1.165) is 50.6 Å². The Morgan fingerprint density at radius 2 is 1.90 bits per heavy atom. The number of aliphatic carboxylic acids is 1. The van der Waals surface area contributed by atoms with E-state index in [1.54, 1.807) is 0 Å². The number of nitrogens with zero attached hydrogens (tertiary/aromatic N) is 1. The van der Waals surface area contributed by atoms with Gasteiger partial charge in [-0.15, -0.1) is 0 Å². The van der Waals surface area contributed by atoms with Crippen molar-refractivity contribution in [2.45, 2.75) is 98.6 Å². The minimum atomic E-state index is -0.728. The summed E-state index contributed by atoms with van der Waals surface area (Å²) in [5.41, 5.74) is 3.72. The first-order valence-electron chi connectivity index (χ1n) is 11.1. The van der Waals surface area contributed by atoms with Crippen molar-refractivity contribution in [2.24, 2.45) is 5.41 Å². The monoisotopic (exact) mass is 403 g/mol. The van der Waals surface area contributed by atoms with Crippen LogP contribution in [-0.2, 0) is 11.3 Å². The van der Waals surface area contributed by atoms with Crippen molar-refractivity contribution < 1.29 is 15.0 Å². The van der Waals surface area contributed by atoms with Gasteiger partial charge in [-0.05, 0) is 43.6 Å². The zero-order valence-electron chi connectivity index (χ0n) is 19.1. The minimum Gasteiger partial charge on any atom is -0.481 e. The fourth-order valence-electron chi connectivity index (χ4n) is 3.38. The van der Waals surface area contributed by atoms with Crippen molar-refractivity contribution in [1.29, 1.82) is 0 Å². The highest BCUT2D eigenvalue weighted by atomic mass is 16.4. The number of unbranched alkanes of at least 4 members (excludes halogenated alkanes) is 4. The van der Waals surface area contributed by atoms with Crippen LogP contribution in [0.1, 0.15) is 95.9 Å². The highest BCUT2D eigenvalue weighted by Gasteiger charge is 2.15. The van der Waals surface area contributed by atoms with Crippen LogP contribution in [-0.4, -0.2) is 26.9 Å². The summed E-state index contributed by atoms with van der Waals surface area (Å²) in [5, 5.41) is 19.0. The number of hydrogen-bond donors (Lipinski definition) is 2. The van der Waals surface area contributed by atoms with Crippen LogP contribution >= 0.6 is 0 Å². The molecule has 0 saturated carbocycles. The molecule has 4 nitrogen and oxygen atoms in total. The minimum absolute atomic E-state index is 0.183. The molecule has 0 aliphatic rings. The smallest absolute Gasteiger partial charge is 0.303 e. The summed E-state index contributed by atoms with van der Waals surface area (Å²) in [7, 11) is 0. The molecule has 0 aliphatic carbocycles. The Kier molecular flexibility index (Phi) is 11.0. The summed E-state index contributed by atoms with van der Waals surface area (Å²) in [6.45, 7) is 11.9. The molecule has 1 heterocycles. The lowest BCUT2D eigenvalue weighted by Crippen LogP contribution is -2.15. The van der Waals surface area contributed by atoms with Crippen molar-refractivity contribution in [3.8, 4) is 0 Å². The highest BCUT2D eigenvalue weighted by molar-refractivity contribution is 5.68. The number of aliphatic hydroxyl groups excluding tert-OH is 1. The zero-order valence-corrected chi connectivity index (χ0v) is 19.1. The second kappa shape index (κ2) is 12.7. The van der Waals surface area contributed by atoms with Crippen LogP contribution < -0.4 is 0 Å². The highest BCUT2D eigenvalue weighted by Crippen LogP contribution is 2.25. The SMILES string of the molecule is CCCCCC(O)C=Cc1cn(CC(C)(C)C)c(C)c1C=CCCCCC(=O)O. The molecule has 0 saturated heterocycles. The maximum Gasteiger partial charge on any atom is 0.303 e. The van der Waals surface area contributed by atoms with Crippen LogP contribution in [0.2, 0.25) is 0 Å². The predicted octanol–water partition coefficient (Wildman–Crippen LogP) is 6.46. The summed E-state index contributed by atoms with van der Waals surface area (Å²) < 4.78 is 2.30. The summed E-state index contributed by atoms with van der Waals surface area (Å²) >= 11 is 0. The number of carboxylic acid groups (broad SMARTS) is 1. The van der Waals surface area contributed by atoms with E-state index in [2.05, 4.69) is 57.5 Å². The van der Waals surface area contributed by atoms with Gasteiger partial charge in [0.05, 0.1) is 6.10 Å². The third-order valence-corrected chi connectivity index (χ3v) is 4.97. The molecule has 0 radical (unpaired) electrons. The summed E-state index contributed by atoms with van der Waals surface area (Å²) in [6.07, 6.45) is 16.9. The van der Waals surface area contributed by atoms with Crippen molar-refractivity contribution in [1.82, 2.24) is 4.57 Å². The molecule has 29 heavy (non-hydrogen) atoms. The molecule has 1 aromatic rings. The molecule has 1 aromatic heterocycles. The van der Waals surface area contributed by atoms with E-state index in [0.29, 0.717) is 6.42 Å². The summed E-state index contributed by atoms with van der Waals surface area (Å²) in [5.74, 6) is -0.728. The number of hydrogen-bond acceptors (Lipinski definition) is 2. The molecule has 0 spiro atoms. The lowest BCUT2D eigenvalue weighted by Gasteiger charge is -2.20. The Labute approximate surface area is 177 Å². The predicted molar refractivity (Wildman–Crippen MR) is 123 cm³/mol. The quantitative estimate of drug-likeness (QED) is 0.372. The van der Waals surface area contributed by atoms with Crippen molar-refractivity contribution in [3.63, 3.8) is 0 Å². The van der Waals surface area contributed by atoms with E-state index in [-0.39, 0.29) is 11.8 Å². The van der Waals surface area contributed by atoms with Crippen LogP contribution in [0.25, 0.3) is 12.2 Å². The van der Waals surface area contributed by atoms with Crippen LogP contribution in [0.3, 0.4) is 0 Å². The second-order valence-corrected chi connectivity index (χ2v) is 9.24. The van der Waals surface area contributed by atoms with E-state index in [1.807, 2.05) is 12.2 Å². The maximum atomic E-state index is 10.6. The van der Waals surface area contributed by atoms with Gasteiger partial charge in [-0.1, -0.05) is 71.3 Å². The van der Waals surface area contributed by atoms with Gasteiger partial charge in [0, 0.05) is 30.4 Å². The van der Waals surface area contributed by atoms with E-state index >= 15 is 0 Å². The standard InChI is InChI=1S/C25H41NO3/c1-6-7-10-13-22(27)17-16-21-18-26(19-25(3,4)5)20(2)23(21)14-11-8-9-12-15-24(28)29/h11,14,16-18,22,27H,6-10,12-13,15,19H2,1-5H3,(H,28,29). The lowest BCUT2D eigenvalue weighted by molar-refractivity contribution is -0.137. The van der Waals surface area contributed by atoms with Gasteiger partial charge in [0.25, 0.3) is 0 Å². The molecule has 1 rings (SSSR count). The first kappa shape index (κ1) is 25.2. The lowest BCUT2D eigenvalue weighted by atomic mass is 9.97. The van der Waals surface area contributed by atoms with E-state index < -0.39 is 12.1 Å². The molecule has 1 atom stereocenters. The Bertz CT molecular complexity index is 677.